The predicted molar refractivity (Wildman–Crippen MR) is 104 cm³/mol. The third-order valence-electron chi connectivity index (χ3n) is 4.85. The Morgan fingerprint density at radius 3 is 2.11 bits per heavy atom. The summed E-state index contributed by atoms with van der Waals surface area (Å²) in [5.74, 6) is -0.468. The molecule has 0 fully saturated rings. The lowest BCUT2D eigenvalue weighted by Gasteiger charge is -2.35. The maximum absolute atomic E-state index is 13.1. The Morgan fingerprint density at radius 2 is 1.44 bits per heavy atom. The average Bonchev–Trinajstić information content (AvgIpc) is 2.73. The molecular weight excluding hydrogens is 338 g/mol. The predicted octanol–water partition coefficient (Wildman–Crippen LogP) is 3.83. The molecule has 3 aromatic rings. The molecule has 27 heavy (non-hydrogen) atoms. The van der Waals surface area contributed by atoms with Gasteiger partial charge in [0.05, 0.1) is 5.69 Å². The van der Waals surface area contributed by atoms with Gasteiger partial charge in [-0.3, -0.25) is 14.5 Å². The Morgan fingerprint density at radius 1 is 0.815 bits per heavy atom. The Bertz CT molecular complexity index is 983. The van der Waals surface area contributed by atoms with Crippen LogP contribution in [0.3, 0.4) is 0 Å². The molecule has 134 valence electrons. The van der Waals surface area contributed by atoms with Crippen LogP contribution in [0.5, 0.6) is 0 Å². The smallest absolute Gasteiger partial charge is 0.260 e. The van der Waals surface area contributed by atoms with Crippen LogP contribution in [0.15, 0.2) is 78.9 Å². The molecule has 1 atom stereocenters. The van der Waals surface area contributed by atoms with Crippen LogP contribution < -0.4 is 4.90 Å². The molecule has 1 aliphatic rings. The van der Waals surface area contributed by atoms with Crippen LogP contribution in [0.4, 0.5) is 5.69 Å². The topological polar surface area (TPSA) is 57.6 Å². The molecule has 0 aliphatic carbocycles. The lowest BCUT2D eigenvalue weighted by atomic mass is 9.92. The molecule has 1 amide bonds. The Hall–Kier alpha value is -3.24. The van der Waals surface area contributed by atoms with Crippen molar-refractivity contribution in [2.75, 3.05) is 4.90 Å². The van der Waals surface area contributed by atoms with E-state index in [9.17, 15) is 14.7 Å². The van der Waals surface area contributed by atoms with Crippen molar-refractivity contribution in [1.29, 1.82) is 0 Å². The molecule has 4 rings (SSSR count). The molecule has 0 spiro atoms. The van der Waals surface area contributed by atoms with Crippen molar-refractivity contribution in [2.45, 2.75) is 19.1 Å². The zero-order valence-corrected chi connectivity index (χ0v) is 14.7. The standard InChI is InChI=1S/C23H19NO3/c25-20-15-14-16-12-7-13-19(22(26)17-8-3-1-4-9-17)21(16)24(20)23(27)18-10-5-2-6-11-18/h1-13,20,25H,14-15H2. The fourth-order valence-electron chi connectivity index (χ4n) is 3.53. The van der Waals surface area contributed by atoms with E-state index in [0.717, 1.165) is 5.56 Å². The number of ketones is 1. The van der Waals surface area contributed by atoms with Crippen molar-refractivity contribution in [3.05, 3.63) is 101 Å². The van der Waals surface area contributed by atoms with Gasteiger partial charge in [0.25, 0.3) is 5.91 Å². The summed E-state index contributed by atoms with van der Waals surface area (Å²) < 4.78 is 0. The van der Waals surface area contributed by atoms with Gasteiger partial charge in [0.2, 0.25) is 0 Å². The number of fused-ring (bicyclic) bond motifs is 1. The first-order valence-electron chi connectivity index (χ1n) is 8.95. The highest BCUT2D eigenvalue weighted by molar-refractivity contribution is 6.16. The molecule has 1 N–H and O–H groups in total. The first-order chi connectivity index (χ1) is 13.2. The number of carbonyl (C=O) groups excluding carboxylic acids is 2. The Balaban J connectivity index is 1.84. The van der Waals surface area contributed by atoms with Crippen LogP contribution in [0, 0.1) is 0 Å². The fourth-order valence-corrected chi connectivity index (χ4v) is 3.53. The highest BCUT2D eigenvalue weighted by atomic mass is 16.3. The largest absolute Gasteiger partial charge is 0.373 e. The second-order valence-corrected chi connectivity index (χ2v) is 6.57. The minimum atomic E-state index is -0.963. The second-order valence-electron chi connectivity index (χ2n) is 6.57. The van der Waals surface area contributed by atoms with E-state index in [1.54, 1.807) is 42.5 Å². The first kappa shape index (κ1) is 17.2. The summed E-state index contributed by atoms with van der Waals surface area (Å²) in [4.78, 5) is 27.6. The number of anilines is 1. The molecule has 0 saturated carbocycles. The SMILES string of the molecule is O=C(c1ccccc1)c1cccc2c1N(C(=O)c1ccccc1)C(O)CC2. The molecule has 0 bridgehead atoms. The van der Waals surface area contributed by atoms with Gasteiger partial charge in [0.15, 0.2) is 5.78 Å². The molecular formula is C23H19NO3. The van der Waals surface area contributed by atoms with Crippen LogP contribution in [0.2, 0.25) is 0 Å². The highest BCUT2D eigenvalue weighted by Crippen LogP contribution is 2.35. The van der Waals surface area contributed by atoms with Gasteiger partial charge >= 0.3 is 0 Å². The number of carbonyl (C=O) groups is 2. The van der Waals surface area contributed by atoms with Crippen molar-refractivity contribution in [3.8, 4) is 0 Å². The molecule has 0 radical (unpaired) electrons. The lowest BCUT2D eigenvalue weighted by molar-refractivity contribution is 0.0864. The summed E-state index contributed by atoms with van der Waals surface area (Å²) in [6.07, 6.45) is 0.0921. The number of nitrogens with zero attached hydrogens (tertiary/aromatic N) is 1. The maximum Gasteiger partial charge on any atom is 0.260 e. The van der Waals surface area contributed by atoms with Crippen molar-refractivity contribution in [3.63, 3.8) is 0 Å². The van der Waals surface area contributed by atoms with Gasteiger partial charge in [-0.25, -0.2) is 0 Å². The number of amides is 1. The van der Waals surface area contributed by atoms with Crippen LogP contribution in [0.25, 0.3) is 0 Å². The van der Waals surface area contributed by atoms with Gasteiger partial charge in [0.1, 0.15) is 6.23 Å². The molecule has 1 aliphatic heterocycles. The number of rotatable bonds is 3. The van der Waals surface area contributed by atoms with Crippen molar-refractivity contribution in [2.24, 2.45) is 0 Å². The number of para-hydroxylation sites is 1. The van der Waals surface area contributed by atoms with E-state index in [-0.39, 0.29) is 11.7 Å². The molecule has 3 aromatic carbocycles. The van der Waals surface area contributed by atoms with Gasteiger partial charge in [-0.1, -0.05) is 60.7 Å². The van der Waals surface area contributed by atoms with Gasteiger partial charge < -0.3 is 5.11 Å². The molecule has 1 unspecified atom stereocenters. The summed E-state index contributed by atoms with van der Waals surface area (Å²) in [7, 11) is 0. The van der Waals surface area contributed by atoms with E-state index >= 15 is 0 Å². The van der Waals surface area contributed by atoms with E-state index < -0.39 is 6.23 Å². The fraction of sp³-hybridized carbons (Fsp3) is 0.130. The minimum absolute atomic E-state index is 0.160. The van der Waals surface area contributed by atoms with Crippen molar-refractivity contribution >= 4 is 17.4 Å². The van der Waals surface area contributed by atoms with E-state index in [1.165, 1.54) is 4.90 Å². The lowest BCUT2D eigenvalue weighted by Crippen LogP contribution is -2.44. The highest BCUT2D eigenvalue weighted by Gasteiger charge is 2.33. The number of benzene rings is 3. The summed E-state index contributed by atoms with van der Waals surface area (Å²) in [5, 5.41) is 10.6. The third kappa shape index (κ3) is 3.15. The quantitative estimate of drug-likeness (QED) is 0.725. The number of aliphatic hydroxyl groups excluding tert-OH is 1. The van der Waals surface area contributed by atoms with E-state index in [2.05, 4.69) is 0 Å². The average molecular weight is 357 g/mol. The number of hydrogen-bond acceptors (Lipinski definition) is 3. The van der Waals surface area contributed by atoms with Gasteiger partial charge in [-0.2, -0.15) is 0 Å². The second kappa shape index (κ2) is 7.17. The number of aryl methyl sites for hydroxylation is 1. The Labute approximate surface area is 157 Å². The van der Waals surface area contributed by atoms with E-state index in [0.29, 0.717) is 35.2 Å². The normalized spacial score (nSPS) is 15.9. The molecule has 1 heterocycles. The minimum Gasteiger partial charge on any atom is -0.373 e. The van der Waals surface area contributed by atoms with Gasteiger partial charge in [-0.15, -0.1) is 0 Å². The number of hydrogen-bond donors (Lipinski definition) is 1. The molecule has 0 saturated heterocycles. The van der Waals surface area contributed by atoms with Gasteiger partial charge in [0, 0.05) is 16.7 Å². The number of aliphatic hydroxyl groups is 1. The van der Waals surface area contributed by atoms with Crippen molar-refractivity contribution in [1.82, 2.24) is 0 Å². The van der Waals surface area contributed by atoms with E-state index in [4.69, 9.17) is 0 Å². The summed E-state index contributed by atoms with van der Waals surface area (Å²) >= 11 is 0. The van der Waals surface area contributed by atoms with Gasteiger partial charge in [-0.05, 0) is 36.6 Å². The maximum atomic E-state index is 13.1. The van der Waals surface area contributed by atoms with Crippen molar-refractivity contribution < 1.29 is 14.7 Å². The van der Waals surface area contributed by atoms with Crippen LogP contribution in [0.1, 0.15) is 38.3 Å². The molecule has 0 aromatic heterocycles. The molecule has 4 heteroatoms. The Kier molecular flexibility index (Phi) is 4.57. The first-order valence-corrected chi connectivity index (χ1v) is 8.95. The van der Waals surface area contributed by atoms with Crippen LogP contribution in [-0.2, 0) is 6.42 Å². The summed E-state index contributed by atoms with van der Waals surface area (Å²) in [6, 6.07) is 23.3. The zero-order chi connectivity index (χ0) is 18.8. The summed E-state index contributed by atoms with van der Waals surface area (Å²) in [5.41, 5.74) is 2.87. The van der Waals surface area contributed by atoms with Crippen LogP contribution >= 0.6 is 0 Å². The van der Waals surface area contributed by atoms with E-state index in [1.807, 2.05) is 36.4 Å². The summed E-state index contributed by atoms with van der Waals surface area (Å²) in [6.45, 7) is 0. The molecule has 4 nitrogen and oxygen atoms in total. The monoisotopic (exact) mass is 357 g/mol. The third-order valence-corrected chi connectivity index (χ3v) is 4.85. The van der Waals surface area contributed by atoms with Crippen LogP contribution in [-0.4, -0.2) is 23.0 Å². The zero-order valence-electron chi connectivity index (χ0n) is 14.7.